The summed E-state index contributed by atoms with van der Waals surface area (Å²) in [5, 5.41) is 0. The van der Waals surface area contributed by atoms with E-state index in [9.17, 15) is 14.4 Å². The molecule has 0 bridgehead atoms. The minimum Gasteiger partial charge on any atom is -0.462 e. The highest BCUT2D eigenvalue weighted by molar-refractivity contribution is 5.71. The third kappa shape index (κ3) is 68.2. The van der Waals surface area contributed by atoms with E-state index in [1.54, 1.807) is 0 Å². The Morgan fingerprint density at radius 1 is 0.253 bits per heavy atom. The number of ether oxygens (including phenoxy) is 3. The van der Waals surface area contributed by atoms with Crippen LogP contribution in [0, 0.1) is 0 Å². The molecule has 0 radical (unpaired) electrons. The van der Waals surface area contributed by atoms with Crippen LogP contribution in [0.2, 0.25) is 0 Å². The van der Waals surface area contributed by atoms with E-state index in [0.29, 0.717) is 19.3 Å². The van der Waals surface area contributed by atoms with Crippen molar-refractivity contribution < 1.29 is 28.6 Å². The van der Waals surface area contributed by atoms with E-state index in [-0.39, 0.29) is 37.5 Å². The highest BCUT2D eigenvalue weighted by atomic mass is 16.6. The average Bonchev–Trinajstić information content (AvgIpc) is 3.50. The fourth-order valence-electron chi connectivity index (χ4n) is 9.43. The molecule has 6 heteroatoms. The van der Waals surface area contributed by atoms with Crippen LogP contribution in [-0.4, -0.2) is 37.2 Å². The molecule has 0 saturated heterocycles. The van der Waals surface area contributed by atoms with Gasteiger partial charge in [0.25, 0.3) is 0 Å². The molecule has 0 heterocycles. The van der Waals surface area contributed by atoms with Gasteiger partial charge in [0.2, 0.25) is 0 Å². The third-order valence-electron chi connectivity index (χ3n) is 14.6. The van der Waals surface area contributed by atoms with E-state index < -0.39 is 6.10 Å². The Bertz CT molecular complexity index is 1750. The molecule has 0 amide bonds. The predicted octanol–water partition coefficient (Wildman–Crippen LogP) is 24.1. The van der Waals surface area contributed by atoms with Crippen molar-refractivity contribution in [3.8, 4) is 0 Å². The van der Waals surface area contributed by atoms with Gasteiger partial charge in [-0.1, -0.05) is 289 Å². The summed E-state index contributed by atoms with van der Waals surface area (Å²) in [7, 11) is 0. The monoisotopic (exact) mass is 1150 g/mol. The molecule has 472 valence electrons. The molecule has 0 saturated carbocycles. The van der Waals surface area contributed by atoms with Crippen molar-refractivity contribution in [2.24, 2.45) is 0 Å². The third-order valence-corrected chi connectivity index (χ3v) is 14.6. The summed E-state index contributed by atoms with van der Waals surface area (Å²) < 4.78 is 16.9. The maximum absolute atomic E-state index is 12.9. The number of carbonyl (C=O) groups excluding carboxylic acids is 3. The molecule has 0 rings (SSSR count). The maximum atomic E-state index is 12.9. The molecule has 1 atom stereocenters. The van der Waals surface area contributed by atoms with Crippen LogP contribution in [0.15, 0.2) is 134 Å². The molecule has 0 aromatic rings. The summed E-state index contributed by atoms with van der Waals surface area (Å²) in [6, 6.07) is 0. The number of unbranched alkanes of at least 4 members (excludes halogenated alkanes) is 29. The van der Waals surface area contributed by atoms with Crippen molar-refractivity contribution >= 4 is 17.9 Å². The van der Waals surface area contributed by atoms with Gasteiger partial charge in [-0.2, -0.15) is 0 Å². The van der Waals surface area contributed by atoms with Gasteiger partial charge < -0.3 is 14.2 Å². The van der Waals surface area contributed by atoms with E-state index >= 15 is 0 Å². The molecule has 0 N–H and O–H groups in total. The smallest absolute Gasteiger partial charge is 0.306 e. The van der Waals surface area contributed by atoms with E-state index in [1.165, 1.54) is 148 Å². The maximum Gasteiger partial charge on any atom is 0.306 e. The van der Waals surface area contributed by atoms with Crippen molar-refractivity contribution in [1.29, 1.82) is 0 Å². The minimum absolute atomic E-state index is 0.103. The fraction of sp³-hybridized carbons (Fsp3) is 0.675. The standard InChI is InChI=1S/C77H128O6/c1-4-7-10-13-16-19-22-25-28-31-34-36-37-38-39-41-43-46-49-52-55-58-61-64-67-70-76(79)82-73-74(72-81-75(78)69-66-63-60-57-54-51-48-45-42-33-30-27-24-21-18-15-12-9-6-3)83-77(80)71-68-65-62-59-56-53-50-47-44-40-35-32-29-26-23-20-17-14-11-8-5-2/h8,11,17-18,20-22,25-27,29-31,34-35,40,42,45,47,50,56,59,74H,4-7,9-10,12-16,19,23-24,28,32-33,36-39,41,43-44,46,48-49,51-55,57-58,60-73H2,1-3H3/b11-8-,20-17-,21-18-,25-22-,29-26-,30-27-,34-31-,40-35-,45-42-,50-47-,59-56-. The lowest BCUT2D eigenvalue weighted by atomic mass is 10.0. The molecule has 0 aliphatic rings. The largest absolute Gasteiger partial charge is 0.462 e. The zero-order valence-electron chi connectivity index (χ0n) is 54.2. The van der Waals surface area contributed by atoms with Gasteiger partial charge in [0.1, 0.15) is 13.2 Å². The van der Waals surface area contributed by atoms with Gasteiger partial charge in [-0.25, -0.2) is 0 Å². The van der Waals surface area contributed by atoms with Crippen LogP contribution in [0.5, 0.6) is 0 Å². The molecule has 0 aromatic carbocycles. The van der Waals surface area contributed by atoms with Crippen molar-refractivity contribution in [2.45, 2.75) is 322 Å². The lowest BCUT2D eigenvalue weighted by Crippen LogP contribution is -2.30. The van der Waals surface area contributed by atoms with E-state index in [2.05, 4.69) is 154 Å². The van der Waals surface area contributed by atoms with Gasteiger partial charge in [0.05, 0.1) is 0 Å². The summed E-state index contributed by atoms with van der Waals surface area (Å²) in [6.07, 6.45) is 98.9. The van der Waals surface area contributed by atoms with Crippen LogP contribution in [-0.2, 0) is 28.6 Å². The second-order valence-electron chi connectivity index (χ2n) is 22.7. The second-order valence-corrected chi connectivity index (χ2v) is 22.7. The topological polar surface area (TPSA) is 78.9 Å². The van der Waals surface area contributed by atoms with Crippen LogP contribution >= 0.6 is 0 Å². The Hall–Kier alpha value is -4.45. The predicted molar refractivity (Wildman–Crippen MR) is 362 cm³/mol. The molecule has 1 unspecified atom stereocenters. The Kier molecular flexibility index (Phi) is 66.3. The van der Waals surface area contributed by atoms with Gasteiger partial charge in [0.15, 0.2) is 6.10 Å². The van der Waals surface area contributed by atoms with Crippen LogP contribution in [0.3, 0.4) is 0 Å². The second kappa shape index (κ2) is 70.0. The van der Waals surface area contributed by atoms with Crippen LogP contribution in [0.4, 0.5) is 0 Å². The van der Waals surface area contributed by atoms with Crippen molar-refractivity contribution in [3.05, 3.63) is 134 Å². The normalized spacial score (nSPS) is 13.0. The lowest BCUT2D eigenvalue weighted by Gasteiger charge is -2.18. The first kappa shape index (κ1) is 78.5. The highest BCUT2D eigenvalue weighted by Crippen LogP contribution is 2.16. The number of allylic oxidation sites excluding steroid dienone is 22. The van der Waals surface area contributed by atoms with Gasteiger partial charge in [-0.05, 0) is 141 Å². The zero-order chi connectivity index (χ0) is 59.9. The van der Waals surface area contributed by atoms with Crippen LogP contribution in [0.25, 0.3) is 0 Å². The number of hydrogen-bond acceptors (Lipinski definition) is 6. The number of carbonyl (C=O) groups is 3. The summed E-state index contributed by atoms with van der Waals surface area (Å²) in [4.78, 5) is 38.5. The minimum atomic E-state index is -0.814. The van der Waals surface area contributed by atoms with E-state index in [0.717, 1.165) is 122 Å². The first-order chi connectivity index (χ1) is 41.0. The number of hydrogen-bond donors (Lipinski definition) is 0. The van der Waals surface area contributed by atoms with Gasteiger partial charge in [-0.15, -0.1) is 0 Å². The van der Waals surface area contributed by atoms with Crippen LogP contribution in [0.1, 0.15) is 316 Å². The van der Waals surface area contributed by atoms with Gasteiger partial charge >= 0.3 is 17.9 Å². The van der Waals surface area contributed by atoms with Crippen molar-refractivity contribution in [3.63, 3.8) is 0 Å². The quantitative estimate of drug-likeness (QED) is 0.0261. The molecule has 0 spiro atoms. The SMILES string of the molecule is CC/C=C\C/C=C\C/C=C\C/C=C\C/C=C\C/C=C\CCCCC(=O)OC(COC(=O)CCCCCCCC/C=C\C/C=C\C/C=C\CCCCC)COC(=O)CCCCCCCCCCCCCCC/C=C\C/C=C\CCCCCCC. The molecular weight excluding hydrogens is 1020 g/mol. The van der Waals surface area contributed by atoms with Crippen LogP contribution < -0.4 is 0 Å². The van der Waals surface area contributed by atoms with Gasteiger partial charge in [-0.3, -0.25) is 14.4 Å². The zero-order valence-corrected chi connectivity index (χ0v) is 54.2. The summed E-state index contributed by atoms with van der Waals surface area (Å²) in [5.41, 5.74) is 0. The molecule has 83 heavy (non-hydrogen) atoms. The Morgan fingerprint density at radius 2 is 0.470 bits per heavy atom. The van der Waals surface area contributed by atoms with Gasteiger partial charge in [0, 0.05) is 19.3 Å². The summed E-state index contributed by atoms with van der Waals surface area (Å²) >= 11 is 0. The number of rotatable bonds is 62. The first-order valence-corrected chi connectivity index (χ1v) is 34.7. The van der Waals surface area contributed by atoms with Crippen molar-refractivity contribution in [1.82, 2.24) is 0 Å². The van der Waals surface area contributed by atoms with Crippen molar-refractivity contribution in [2.75, 3.05) is 13.2 Å². The molecule has 0 aromatic heterocycles. The molecule has 0 fully saturated rings. The Labute approximate surface area is 513 Å². The van der Waals surface area contributed by atoms with E-state index in [4.69, 9.17) is 14.2 Å². The number of esters is 3. The Morgan fingerprint density at radius 3 is 0.783 bits per heavy atom. The Balaban J connectivity index is 4.46. The molecular formula is C77H128O6. The fourth-order valence-corrected chi connectivity index (χ4v) is 9.43. The molecule has 0 aliphatic carbocycles. The van der Waals surface area contributed by atoms with E-state index in [1.807, 2.05) is 0 Å². The lowest BCUT2D eigenvalue weighted by molar-refractivity contribution is -0.167. The first-order valence-electron chi connectivity index (χ1n) is 34.7. The molecule has 6 nitrogen and oxygen atoms in total. The average molecular weight is 1150 g/mol. The highest BCUT2D eigenvalue weighted by Gasteiger charge is 2.19. The summed E-state index contributed by atoms with van der Waals surface area (Å²) in [6.45, 7) is 6.46. The summed E-state index contributed by atoms with van der Waals surface area (Å²) in [5.74, 6) is -0.954. The molecule has 0 aliphatic heterocycles.